The number of nitrogen functional groups attached to an aromatic ring is 1. The fraction of sp³-hybridized carbons (Fsp3) is 0.286. The van der Waals surface area contributed by atoms with Crippen molar-refractivity contribution < 1.29 is 4.79 Å². The number of hydrogen-bond acceptors (Lipinski definition) is 5. The predicted octanol–water partition coefficient (Wildman–Crippen LogP) is 3.93. The molecule has 1 aromatic heterocycles. The Kier molecular flexibility index (Phi) is 4.15. The maximum atomic E-state index is 12.4. The summed E-state index contributed by atoms with van der Waals surface area (Å²) in [6.07, 6.45) is 0. The van der Waals surface area contributed by atoms with Crippen LogP contribution < -0.4 is 11.1 Å². The van der Waals surface area contributed by atoms with E-state index >= 15 is 0 Å². The number of ketones is 1. The molecule has 0 saturated heterocycles. The molecule has 2 aromatic rings. The van der Waals surface area contributed by atoms with Crippen LogP contribution in [0.15, 0.2) is 28.7 Å². The second kappa shape index (κ2) is 5.54. The van der Waals surface area contributed by atoms with Crippen LogP contribution in [0.4, 0.5) is 10.9 Å². The van der Waals surface area contributed by atoms with Crippen LogP contribution >= 0.6 is 27.3 Å². The van der Waals surface area contributed by atoms with Gasteiger partial charge in [-0.05, 0) is 45.0 Å². The van der Waals surface area contributed by atoms with E-state index in [1.54, 1.807) is 12.1 Å². The number of hydrogen-bond donors (Lipinski definition) is 2. The molecular formula is C14H16BrN3OS. The van der Waals surface area contributed by atoms with E-state index in [-0.39, 0.29) is 17.1 Å². The van der Waals surface area contributed by atoms with Crippen molar-refractivity contribution in [2.45, 2.75) is 26.3 Å². The van der Waals surface area contributed by atoms with E-state index in [4.69, 9.17) is 5.73 Å². The quantitative estimate of drug-likeness (QED) is 0.820. The van der Waals surface area contributed by atoms with Crippen molar-refractivity contribution in [3.8, 4) is 0 Å². The summed E-state index contributed by atoms with van der Waals surface area (Å²) in [5, 5.41) is 3.89. The van der Waals surface area contributed by atoms with E-state index in [1.807, 2.05) is 32.9 Å². The molecule has 106 valence electrons. The zero-order valence-corrected chi connectivity index (χ0v) is 13.9. The Hall–Kier alpha value is -1.40. The molecule has 1 aromatic carbocycles. The summed E-state index contributed by atoms with van der Waals surface area (Å²) in [5.74, 6) is 0.170. The summed E-state index contributed by atoms with van der Waals surface area (Å²) >= 11 is 4.63. The predicted molar refractivity (Wildman–Crippen MR) is 87.5 cm³/mol. The van der Waals surface area contributed by atoms with Crippen molar-refractivity contribution in [3.63, 3.8) is 0 Å². The molecule has 0 fully saturated rings. The summed E-state index contributed by atoms with van der Waals surface area (Å²) < 4.78 is 0.932. The summed E-state index contributed by atoms with van der Waals surface area (Å²) in [6.45, 7) is 6.09. The van der Waals surface area contributed by atoms with Gasteiger partial charge in [-0.1, -0.05) is 27.3 Å². The van der Waals surface area contributed by atoms with Crippen LogP contribution in [0, 0.1) is 0 Å². The number of aromatic nitrogens is 1. The highest BCUT2D eigenvalue weighted by molar-refractivity contribution is 9.10. The van der Waals surface area contributed by atoms with Gasteiger partial charge in [0.15, 0.2) is 5.13 Å². The average Bonchev–Trinajstić information content (AvgIpc) is 2.67. The number of rotatable bonds is 3. The second-order valence-corrected chi connectivity index (χ2v) is 7.36. The lowest BCUT2D eigenvalue weighted by molar-refractivity contribution is 0.104. The van der Waals surface area contributed by atoms with E-state index < -0.39 is 0 Å². The van der Waals surface area contributed by atoms with E-state index in [1.165, 1.54) is 11.3 Å². The normalized spacial score (nSPS) is 11.4. The molecular weight excluding hydrogens is 338 g/mol. The minimum Gasteiger partial charge on any atom is -0.382 e. The Morgan fingerprint density at radius 3 is 2.45 bits per heavy atom. The molecule has 6 heteroatoms. The van der Waals surface area contributed by atoms with Crippen molar-refractivity contribution in [1.82, 2.24) is 4.98 Å². The zero-order chi connectivity index (χ0) is 14.9. The Bertz CT molecular complexity index is 629. The highest BCUT2D eigenvalue weighted by Gasteiger charge is 2.20. The molecule has 1 heterocycles. The minimum atomic E-state index is -0.123. The van der Waals surface area contributed by atoms with E-state index in [9.17, 15) is 4.79 Å². The maximum absolute atomic E-state index is 12.4. The number of carbonyl (C=O) groups is 1. The molecule has 0 bridgehead atoms. The lowest BCUT2D eigenvalue weighted by atomic mass is 10.1. The SMILES string of the molecule is CC(C)(C)Nc1nc(N)c(C(=O)c2ccc(Br)cc2)s1. The van der Waals surface area contributed by atoms with Crippen molar-refractivity contribution in [3.05, 3.63) is 39.2 Å². The van der Waals surface area contributed by atoms with Gasteiger partial charge in [0.25, 0.3) is 0 Å². The van der Waals surface area contributed by atoms with Gasteiger partial charge in [0.1, 0.15) is 10.7 Å². The van der Waals surface area contributed by atoms with E-state index in [2.05, 4.69) is 26.2 Å². The second-order valence-electron chi connectivity index (χ2n) is 5.44. The third kappa shape index (κ3) is 3.58. The van der Waals surface area contributed by atoms with Crippen LogP contribution in [-0.4, -0.2) is 16.3 Å². The van der Waals surface area contributed by atoms with Gasteiger partial charge in [-0.3, -0.25) is 4.79 Å². The third-order valence-corrected chi connectivity index (χ3v) is 3.96. The van der Waals surface area contributed by atoms with Gasteiger partial charge in [0.05, 0.1) is 0 Å². The number of nitrogens with one attached hydrogen (secondary N) is 1. The molecule has 3 N–H and O–H groups in total. The Morgan fingerprint density at radius 1 is 1.30 bits per heavy atom. The molecule has 2 rings (SSSR count). The summed E-state index contributed by atoms with van der Waals surface area (Å²) in [7, 11) is 0. The van der Waals surface area contributed by atoms with Crippen LogP contribution in [-0.2, 0) is 0 Å². The van der Waals surface area contributed by atoms with Gasteiger partial charge in [0.2, 0.25) is 5.78 Å². The molecule has 0 spiro atoms. The molecule has 0 saturated carbocycles. The van der Waals surface area contributed by atoms with Crippen LogP contribution in [0.3, 0.4) is 0 Å². The van der Waals surface area contributed by atoms with Crippen LogP contribution in [0.5, 0.6) is 0 Å². The maximum Gasteiger partial charge on any atom is 0.206 e. The van der Waals surface area contributed by atoms with Gasteiger partial charge in [-0.2, -0.15) is 0 Å². The van der Waals surface area contributed by atoms with E-state index in [0.717, 1.165) is 4.47 Å². The molecule has 0 unspecified atom stereocenters. The van der Waals surface area contributed by atoms with Gasteiger partial charge >= 0.3 is 0 Å². The smallest absolute Gasteiger partial charge is 0.206 e. The van der Waals surface area contributed by atoms with Crippen molar-refractivity contribution >= 4 is 44.0 Å². The summed E-state index contributed by atoms with van der Waals surface area (Å²) in [6, 6.07) is 7.20. The highest BCUT2D eigenvalue weighted by atomic mass is 79.9. The molecule has 0 radical (unpaired) electrons. The van der Waals surface area contributed by atoms with Crippen LogP contribution in [0.2, 0.25) is 0 Å². The molecule has 20 heavy (non-hydrogen) atoms. The number of nitrogens with zero attached hydrogens (tertiary/aromatic N) is 1. The van der Waals surface area contributed by atoms with Crippen LogP contribution in [0.1, 0.15) is 36.0 Å². The molecule has 0 aliphatic carbocycles. The van der Waals surface area contributed by atoms with Gasteiger partial charge in [-0.15, -0.1) is 0 Å². The lowest BCUT2D eigenvalue weighted by Crippen LogP contribution is -2.25. The first kappa shape index (κ1) is 15.0. The zero-order valence-electron chi connectivity index (χ0n) is 11.5. The fourth-order valence-electron chi connectivity index (χ4n) is 1.60. The lowest BCUT2D eigenvalue weighted by Gasteiger charge is -2.19. The number of benzene rings is 1. The molecule has 0 atom stereocenters. The van der Waals surface area contributed by atoms with Crippen molar-refractivity contribution in [1.29, 1.82) is 0 Å². The Balaban J connectivity index is 2.29. The summed E-state index contributed by atoms with van der Waals surface area (Å²) in [4.78, 5) is 17.1. The number of anilines is 2. The summed E-state index contributed by atoms with van der Waals surface area (Å²) in [5.41, 5.74) is 6.34. The molecule has 0 aliphatic rings. The first-order chi connectivity index (χ1) is 9.26. The number of carbonyl (C=O) groups excluding carboxylic acids is 1. The van der Waals surface area contributed by atoms with Crippen LogP contribution in [0.25, 0.3) is 0 Å². The first-order valence-electron chi connectivity index (χ1n) is 6.11. The van der Waals surface area contributed by atoms with Crippen molar-refractivity contribution in [2.75, 3.05) is 11.1 Å². The minimum absolute atomic E-state index is 0.102. The van der Waals surface area contributed by atoms with Gasteiger partial charge < -0.3 is 11.1 Å². The number of halogens is 1. The van der Waals surface area contributed by atoms with Crippen molar-refractivity contribution in [2.24, 2.45) is 0 Å². The van der Waals surface area contributed by atoms with Gasteiger partial charge in [-0.25, -0.2) is 4.98 Å². The number of thiazole rings is 1. The Morgan fingerprint density at radius 2 is 1.90 bits per heavy atom. The molecule has 0 aliphatic heterocycles. The molecule has 4 nitrogen and oxygen atoms in total. The Labute approximate surface area is 130 Å². The van der Waals surface area contributed by atoms with E-state index in [0.29, 0.717) is 15.6 Å². The first-order valence-corrected chi connectivity index (χ1v) is 7.72. The third-order valence-electron chi connectivity index (χ3n) is 2.45. The fourth-order valence-corrected chi connectivity index (χ4v) is 2.92. The number of nitrogens with two attached hydrogens (primary N) is 1. The highest BCUT2D eigenvalue weighted by Crippen LogP contribution is 2.29. The largest absolute Gasteiger partial charge is 0.382 e. The van der Waals surface area contributed by atoms with Gasteiger partial charge in [0, 0.05) is 15.6 Å². The topological polar surface area (TPSA) is 68.0 Å². The molecule has 0 amide bonds. The standard InChI is InChI=1S/C14H16BrN3OS/c1-14(2,3)18-13-17-12(16)11(20-13)10(19)8-4-6-9(15)7-5-8/h4-7H,16H2,1-3H3,(H,17,18). The monoisotopic (exact) mass is 353 g/mol. The average molecular weight is 354 g/mol.